The lowest BCUT2D eigenvalue weighted by Gasteiger charge is -2.23. The van der Waals surface area contributed by atoms with Gasteiger partial charge in [0.25, 0.3) is 0 Å². The lowest BCUT2D eigenvalue weighted by atomic mass is 9.91. The number of hydrogen-bond acceptors (Lipinski definition) is 2. The van der Waals surface area contributed by atoms with Crippen molar-refractivity contribution in [1.82, 2.24) is 9.80 Å². The third kappa shape index (κ3) is 2.93. The number of rotatable bonds is 4. The predicted molar refractivity (Wildman–Crippen MR) is 80.7 cm³/mol. The molecular weight excluding hydrogens is 260 g/mol. The van der Waals surface area contributed by atoms with E-state index in [1.54, 1.807) is 4.90 Å². The number of hydrogen-bond donors (Lipinski definition) is 0. The first kappa shape index (κ1) is 16.0. The van der Waals surface area contributed by atoms with Crippen molar-refractivity contribution in [3.63, 3.8) is 0 Å². The van der Waals surface area contributed by atoms with Crippen LogP contribution in [0.15, 0.2) is 30.3 Å². The van der Waals surface area contributed by atoms with E-state index in [9.17, 15) is 4.79 Å². The molecule has 2 rings (SSSR count). The number of amides is 1. The fourth-order valence-corrected chi connectivity index (χ4v) is 2.86. The summed E-state index contributed by atoms with van der Waals surface area (Å²) < 4.78 is 0. The molecule has 0 aliphatic heterocycles. The monoisotopic (exact) mass is 282 g/mol. The van der Waals surface area contributed by atoms with Crippen LogP contribution >= 0.6 is 12.4 Å². The van der Waals surface area contributed by atoms with Gasteiger partial charge >= 0.3 is 0 Å². The molecule has 1 amide bonds. The molecular formula is C15H23ClN2O. The highest BCUT2D eigenvalue weighted by atomic mass is 35.5. The molecule has 0 saturated heterocycles. The molecule has 0 unspecified atom stereocenters. The van der Waals surface area contributed by atoms with Crippen molar-refractivity contribution >= 4 is 18.3 Å². The summed E-state index contributed by atoms with van der Waals surface area (Å²) >= 11 is 0. The Morgan fingerprint density at radius 3 is 2.26 bits per heavy atom. The molecule has 1 aliphatic carbocycles. The fourth-order valence-electron chi connectivity index (χ4n) is 2.86. The van der Waals surface area contributed by atoms with Crippen molar-refractivity contribution in [2.45, 2.75) is 11.8 Å². The molecule has 1 saturated carbocycles. The van der Waals surface area contributed by atoms with E-state index in [2.05, 4.69) is 31.1 Å². The maximum Gasteiger partial charge on any atom is 0.233 e. The summed E-state index contributed by atoms with van der Waals surface area (Å²) in [4.78, 5) is 16.4. The van der Waals surface area contributed by atoms with Crippen LogP contribution in [0.2, 0.25) is 0 Å². The summed E-state index contributed by atoms with van der Waals surface area (Å²) in [5.41, 5.74) is 0.880. The van der Waals surface area contributed by atoms with Gasteiger partial charge < -0.3 is 9.80 Å². The number of halogens is 1. The van der Waals surface area contributed by atoms with Gasteiger partial charge in [0.15, 0.2) is 0 Å². The van der Waals surface area contributed by atoms with Crippen LogP contribution in [0.1, 0.15) is 12.0 Å². The summed E-state index contributed by atoms with van der Waals surface area (Å²) in [6.07, 6.45) is 0.964. The van der Waals surface area contributed by atoms with E-state index in [0.717, 1.165) is 18.5 Å². The van der Waals surface area contributed by atoms with Crippen molar-refractivity contribution in [3.8, 4) is 0 Å². The zero-order valence-corrected chi connectivity index (χ0v) is 12.9. The van der Waals surface area contributed by atoms with E-state index >= 15 is 0 Å². The Bertz CT molecular complexity index is 433. The number of nitrogens with zero attached hydrogens (tertiary/aromatic N) is 2. The highest BCUT2D eigenvalue weighted by Gasteiger charge is 2.61. The molecule has 4 heteroatoms. The summed E-state index contributed by atoms with van der Waals surface area (Å²) in [6, 6.07) is 10.2. The third-order valence-corrected chi connectivity index (χ3v) is 3.77. The van der Waals surface area contributed by atoms with Crippen molar-refractivity contribution in [2.75, 3.05) is 34.7 Å². The number of carbonyl (C=O) groups is 1. The quantitative estimate of drug-likeness (QED) is 0.844. The predicted octanol–water partition coefficient (Wildman–Crippen LogP) is 2.02. The Balaban J connectivity index is 0.00000180. The smallest absolute Gasteiger partial charge is 0.233 e. The van der Waals surface area contributed by atoms with Gasteiger partial charge in [0.2, 0.25) is 5.91 Å². The molecule has 0 radical (unpaired) electrons. The van der Waals surface area contributed by atoms with E-state index in [1.807, 2.05) is 32.3 Å². The Morgan fingerprint density at radius 2 is 1.79 bits per heavy atom. The van der Waals surface area contributed by atoms with Gasteiger partial charge in [-0.15, -0.1) is 12.4 Å². The first-order valence-electron chi connectivity index (χ1n) is 6.40. The zero-order chi connectivity index (χ0) is 13.3. The van der Waals surface area contributed by atoms with E-state index in [1.165, 1.54) is 0 Å². The number of likely N-dealkylation sites (N-methyl/N-ethyl adjacent to an activating group) is 1. The molecule has 2 atom stereocenters. The second kappa shape index (κ2) is 5.93. The van der Waals surface area contributed by atoms with Crippen LogP contribution in [0.5, 0.6) is 0 Å². The lowest BCUT2D eigenvalue weighted by Crippen LogP contribution is -2.36. The maximum absolute atomic E-state index is 12.5. The Morgan fingerprint density at radius 1 is 1.21 bits per heavy atom. The fraction of sp³-hybridized carbons (Fsp3) is 0.533. The summed E-state index contributed by atoms with van der Waals surface area (Å²) in [6.45, 7) is 0.967. The van der Waals surface area contributed by atoms with E-state index < -0.39 is 0 Å². The minimum Gasteiger partial charge on any atom is -0.348 e. The van der Waals surface area contributed by atoms with Crippen molar-refractivity contribution < 1.29 is 4.79 Å². The highest BCUT2D eigenvalue weighted by molar-refractivity contribution is 5.91. The molecule has 106 valence electrons. The van der Waals surface area contributed by atoms with Gasteiger partial charge in [-0.05, 0) is 32.0 Å². The van der Waals surface area contributed by atoms with E-state index in [0.29, 0.717) is 5.92 Å². The van der Waals surface area contributed by atoms with Gasteiger partial charge in [0.05, 0.1) is 5.41 Å². The molecule has 1 aromatic carbocycles. The summed E-state index contributed by atoms with van der Waals surface area (Å²) in [7, 11) is 7.82. The largest absolute Gasteiger partial charge is 0.348 e. The molecule has 0 bridgehead atoms. The van der Waals surface area contributed by atoms with Gasteiger partial charge in [0.1, 0.15) is 0 Å². The molecule has 1 aliphatic rings. The second-order valence-corrected chi connectivity index (χ2v) is 5.70. The highest BCUT2D eigenvalue weighted by Crippen LogP contribution is 2.55. The topological polar surface area (TPSA) is 23.6 Å². The molecule has 1 aromatic rings. The molecule has 0 heterocycles. The SMILES string of the molecule is CN(C)C[C@H]1C[C@]1(C(=O)N(C)C)c1ccccc1.Cl. The maximum atomic E-state index is 12.5. The average Bonchev–Trinajstić information content (AvgIpc) is 3.03. The minimum atomic E-state index is -0.283. The van der Waals surface area contributed by atoms with Gasteiger partial charge in [0, 0.05) is 20.6 Å². The second-order valence-electron chi connectivity index (χ2n) is 5.70. The first-order chi connectivity index (χ1) is 8.48. The first-order valence-corrected chi connectivity index (χ1v) is 6.40. The van der Waals surface area contributed by atoms with Gasteiger partial charge in [-0.2, -0.15) is 0 Å². The third-order valence-electron chi connectivity index (χ3n) is 3.77. The molecule has 0 N–H and O–H groups in total. The lowest BCUT2D eigenvalue weighted by molar-refractivity contribution is -0.131. The van der Waals surface area contributed by atoms with E-state index in [4.69, 9.17) is 0 Å². The van der Waals surface area contributed by atoms with Crippen molar-refractivity contribution in [2.24, 2.45) is 5.92 Å². The molecule has 0 aromatic heterocycles. The number of benzene rings is 1. The molecule has 0 spiro atoms. The molecule has 1 fully saturated rings. The molecule has 19 heavy (non-hydrogen) atoms. The van der Waals surface area contributed by atoms with Gasteiger partial charge in [-0.25, -0.2) is 0 Å². The van der Waals surface area contributed by atoms with Gasteiger partial charge in [-0.3, -0.25) is 4.79 Å². The molecule has 3 nitrogen and oxygen atoms in total. The van der Waals surface area contributed by atoms with Crippen molar-refractivity contribution in [1.29, 1.82) is 0 Å². The Hall–Kier alpha value is -1.06. The van der Waals surface area contributed by atoms with Crippen molar-refractivity contribution in [3.05, 3.63) is 35.9 Å². The Kier molecular flexibility index (Phi) is 4.99. The van der Waals surface area contributed by atoms with Crippen LogP contribution in [0, 0.1) is 5.92 Å². The van der Waals surface area contributed by atoms with Crippen LogP contribution in [-0.2, 0) is 10.2 Å². The summed E-state index contributed by atoms with van der Waals surface area (Å²) in [5, 5.41) is 0. The van der Waals surface area contributed by atoms with Gasteiger partial charge in [-0.1, -0.05) is 30.3 Å². The standard InChI is InChI=1S/C15H22N2O.ClH/c1-16(2)11-13-10-15(13,14(18)17(3)4)12-8-6-5-7-9-12;/h5-9,13H,10-11H2,1-4H3;1H/t13-,15+;/m1./s1. The van der Waals surface area contributed by atoms with Crippen LogP contribution < -0.4 is 0 Å². The minimum absolute atomic E-state index is 0. The van der Waals surface area contributed by atoms with Crippen LogP contribution in [-0.4, -0.2) is 50.4 Å². The van der Waals surface area contributed by atoms with Crippen LogP contribution in [0.4, 0.5) is 0 Å². The average molecular weight is 283 g/mol. The Labute approximate surface area is 122 Å². The van der Waals surface area contributed by atoms with E-state index in [-0.39, 0.29) is 23.7 Å². The number of carbonyl (C=O) groups excluding carboxylic acids is 1. The normalized spacial score (nSPS) is 24.8. The van der Waals surface area contributed by atoms with Crippen LogP contribution in [0.3, 0.4) is 0 Å². The summed E-state index contributed by atoms with van der Waals surface area (Å²) in [5.74, 6) is 0.672. The van der Waals surface area contributed by atoms with Crippen LogP contribution in [0.25, 0.3) is 0 Å². The zero-order valence-electron chi connectivity index (χ0n) is 12.1.